The van der Waals surface area contributed by atoms with Gasteiger partial charge in [0.1, 0.15) is 0 Å². The molecule has 0 nitrogen and oxygen atoms in total. The van der Waals surface area contributed by atoms with Crippen LogP contribution in [0.5, 0.6) is 0 Å². The molecule has 1 heteroatoms. The molecule has 0 bridgehead atoms. The largest absolute Gasteiger partial charge is 0.207 e. The molecule has 0 aliphatic heterocycles. The molecule has 0 heterocycles. The fourth-order valence-corrected chi connectivity index (χ4v) is 1.98. The molecule has 1 aromatic rings. The van der Waals surface area contributed by atoms with E-state index in [1.807, 2.05) is 0 Å². The van der Waals surface area contributed by atoms with Gasteiger partial charge in [0, 0.05) is 21.7 Å². The fourth-order valence-electron chi connectivity index (χ4n) is 1.98. The Hall–Kier alpha value is 0.0643. The first kappa shape index (κ1) is 10.1. The van der Waals surface area contributed by atoms with Crippen molar-refractivity contribution in [2.45, 2.75) is 39.0 Å². The molecule has 1 aromatic carbocycles. The van der Waals surface area contributed by atoms with E-state index >= 15 is 0 Å². The average Bonchev–Trinajstić information content (AvgIpc) is 2.46. The number of fused-ring (bicyclic) bond motifs is 1. The summed E-state index contributed by atoms with van der Waals surface area (Å²) in [5, 5.41) is 0. The zero-order valence-corrected chi connectivity index (χ0v) is 9.25. The van der Waals surface area contributed by atoms with Crippen LogP contribution in [0.2, 0.25) is 0 Å². The van der Waals surface area contributed by atoms with Crippen LogP contribution in [0.1, 0.15) is 36.5 Å². The van der Waals surface area contributed by atoms with Crippen molar-refractivity contribution in [3.63, 3.8) is 0 Å². The van der Waals surface area contributed by atoms with Crippen molar-refractivity contribution in [1.29, 1.82) is 0 Å². The maximum atomic E-state index is 2.40. The summed E-state index contributed by atoms with van der Waals surface area (Å²) in [6.45, 7) is 2.24. The van der Waals surface area contributed by atoms with Crippen LogP contribution in [0.15, 0.2) is 12.1 Å². The van der Waals surface area contributed by atoms with Crippen molar-refractivity contribution in [2.75, 3.05) is 0 Å². The number of rotatable bonds is 1. The van der Waals surface area contributed by atoms with Crippen molar-refractivity contribution in [2.24, 2.45) is 0 Å². The number of hydrogen-bond donors (Lipinski definition) is 0. The van der Waals surface area contributed by atoms with Gasteiger partial charge in [-0.3, -0.25) is 0 Å². The van der Waals surface area contributed by atoms with Crippen LogP contribution in [0.4, 0.5) is 0 Å². The van der Waals surface area contributed by atoms with E-state index in [1.165, 1.54) is 37.7 Å². The summed E-state index contributed by atoms with van der Waals surface area (Å²) in [5.74, 6) is 0. The van der Waals surface area contributed by atoms with E-state index in [0.717, 1.165) is 0 Å². The van der Waals surface area contributed by atoms with Crippen molar-refractivity contribution in [1.82, 2.24) is 0 Å². The van der Waals surface area contributed by atoms with Gasteiger partial charge in [-0.25, -0.2) is 6.07 Å². The third kappa shape index (κ3) is 1.86. The predicted octanol–water partition coefficient (Wildman–Crippen LogP) is 2.84. The second kappa shape index (κ2) is 4.34. The molecule has 0 aromatic heterocycles. The monoisotopic (exact) mass is 195 g/mol. The minimum Gasteiger partial charge on any atom is -0.207 e. The van der Waals surface area contributed by atoms with E-state index in [4.69, 9.17) is 0 Å². The molecule has 0 atom stereocenters. The first-order chi connectivity index (χ1) is 5.40. The zero-order valence-electron chi connectivity index (χ0n) is 7.69. The molecule has 64 valence electrons. The number of hydrogen-bond acceptors (Lipinski definition) is 0. The Morgan fingerprint density at radius 2 is 2.08 bits per heavy atom. The summed E-state index contributed by atoms with van der Waals surface area (Å²) in [5.41, 5.74) is 4.80. The van der Waals surface area contributed by atoms with Crippen LogP contribution in [0.3, 0.4) is 0 Å². The summed E-state index contributed by atoms with van der Waals surface area (Å²) in [6, 6.07) is 4.79. The van der Waals surface area contributed by atoms with Crippen LogP contribution >= 0.6 is 0 Å². The van der Waals surface area contributed by atoms with Gasteiger partial charge in [-0.2, -0.15) is 22.8 Å². The molecule has 0 unspecified atom stereocenters. The molecule has 0 saturated heterocycles. The number of aryl methyl sites for hydroxylation is 3. The Labute approximate surface area is 89.6 Å². The molecule has 1 aliphatic rings. The van der Waals surface area contributed by atoms with Crippen molar-refractivity contribution in [3.8, 4) is 0 Å². The molecule has 0 spiro atoms. The molecule has 0 radical (unpaired) electrons. The summed E-state index contributed by atoms with van der Waals surface area (Å²) < 4.78 is 0. The molecule has 0 saturated carbocycles. The van der Waals surface area contributed by atoms with E-state index in [0.29, 0.717) is 0 Å². The normalized spacial score (nSPS) is 15.1. The van der Waals surface area contributed by atoms with E-state index in [2.05, 4.69) is 19.1 Å². The van der Waals surface area contributed by atoms with Crippen LogP contribution in [0.25, 0.3) is 0 Å². The zero-order chi connectivity index (χ0) is 7.68. The van der Waals surface area contributed by atoms with E-state index in [9.17, 15) is 0 Å². The maximum Gasteiger partial charge on any atom is 0 e. The predicted molar refractivity (Wildman–Crippen MR) is 48.1 cm³/mol. The van der Waals surface area contributed by atoms with Crippen LogP contribution < -0.4 is 0 Å². The van der Waals surface area contributed by atoms with Gasteiger partial charge in [0.2, 0.25) is 0 Å². The van der Waals surface area contributed by atoms with Gasteiger partial charge in [-0.15, -0.1) is 0 Å². The Kier molecular flexibility index (Phi) is 3.67. The summed E-state index contributed by atoms with van der Waals surface area (Å²) in [4.78, 5) is 0. The summed E-state index contributed by atoms with van der Waals surface area (Å²) in [7, 11) is 0. The molecule has 1 aliphatic carbocycles. The molecule has 0 N–H and O–H groups in total. The molecular formula is C11H15Ti-. The average molecular weight is 195 g/mol. The van der Waals surface area contributed by atoms with E-state index in [1.54, 1.807) is 11.1 Å². The second-order valence-corrected chi connectivity index (χ2v) is 3.47. The van der Waals surface area contributed by atoms with Gasteiger partial charge in [0.05, 0.1) is 0 Å². The van der Waals surface area contributed by atoms with E-state index in [-0.39, 0.29) is 21.7 Å². The van der Waals surface area contributed by atoms with Crippen LogP contribution in [0, 0.1) is 0 Å². The minimum absolute atomic E-state index is 0. The van der Waals surface area contributed by atoms with Gasteiger partial charge in [0.25, 0.3) is 0 Å². The van der Waals surface area contributed by atoms with Crippen LogP contribution in [-0.4, -0.2) is 0 Å². The third-order valence-corrected chi connectivity index (χ3v) is 2.68. The fraction of sp³-hybridized carbons (Fsp3) is 0.545. The SMILES string of the molecule is CCc1cc2c([cH-]1)CCCC2.[Ti]. The summed E-state index contributed by atoms with van der Waals surface area (Å²) >= 11 is 0. The van der Waals surface area contributed by atoms with Crippen LogP contribution in [-0.2, 0) is 41.0 Å². The first-order valence-electron chi connectivity index (χ1n) is 4.67. The topological polar surface area (TPSA) is 0 Å². The van der Waals surface area contributed by atoms with Gasteiger partial charge < -0.3 is 0 Å². The van der Waals surface area contributed by atoms with Crippen molar-refractivity contribution in [3.05, 3.63) is 28.8 Å². The standard InChI is InChI=1S/C11H15.Ti/c1-2-9-7-10-5-3-4-6-11(10)8-9;/h7-8H,2-6H2,1H3;/q-1;. The smallest absolute Gasteiger partial charge is 0 e. The molecular weight excluding hydrogens is 180 g/mol. The third-order valence-electron chi connectivity index (χ3n) is 2.68. The molecule has 2 rings (SSSR count). The van der Waals surface area contributed by atoms with Crippen molar-refractivity contribution < 1.29 is 21.7 Å². The Morgan fingerprint density at radius 1 is 1.33 bits per heavy atom. The molecule has 0 fully saturated rings. The quantitative estimate of drug-likeness (QED) is 0.477. The van der Waals surface area contributed by atoms with Gasteiger partial charge in [-0.05, 0) is 0 Å². The first-order valence-corrected chi connectivity index (χ1v) is 4.67. The Morgan fingerprint density at radius 3 is 2.75 bits per heavy atom. The van der Waals surface area contributed by atoms with Gasteiger partial charge in [0.15, 0.2) is 0 Å². The Bertz CT molecular complexity index is 224. The second-order valence-electron chi connectivity index (χ2n) is 3.47. The summed E-state index contributed by atoms with van der Waals surface area (Å²) in [6.07, 6.45) is 6.66. The molecule has 0 amide bonds. The maximum absolute atomic E-state index is 2.40. The van der Waals surface area contributed by atoms with Gasteiger partial charge in [-0.1, -0.05) is 39.0 Å². The van der Waals surface area contributed by atoms with E-state index < -0.39 is 0 Å². The minimum atomic E-state index is 0. The molecule has 12 heavy (non-hydrogen) atoms. The van der Waals surface area contributed by atoms with Crippen molar-refractivity contribution >= 4 is 0 Å². The Balaban J connectivity index is 0.000000720. The van der Waals surface area contributed by atoms with Gasteiger partial charge >= 0.3 is 0 Å².